The van der Waals surface area contributed by atoms with Crippen molar-refractivity contribution in [3.05, 3.63) is 47.9 Å². The third-order valence-corrected chi connectivity index (χ3v) is 5.62. The van der Waals surface area contributed by atoms with Crippen LogP contribution in [0.3, 0.4) is 0 Å². The van der Waals surface area contributed by atoms with Gasteiger partial charge in [0.05, 0.1) is 5.52 Å². The molecule has 5 rings (SSSR count). The molecule has 1 saturated heterocycles. The lowest BCUT2D eigenvalue weighted by Crippen LogP contribution is -2.34. The minimum Gasteiger partial charge on any atom is -0.371 e. The van der Waals surface area contributed by atoms with Crippen molar-refractivity contribution in [1.82, 2.24) is 19.7 Å². The Bertz CT molecular complexity index is 954. The van der Waals surface area contributed by atoms with Crippen LogP contribution in [0.1, 0.15) is 49.2 Å². The SMILES string of the molecule is Cc1cc(N2CCC(c3nncn3C3CC3)CC2)c2cc(F)ccc2n1. The van der Waals surface area contributed by atoms with Gasteiger partial charge >= 0.3 is 0 Å². The van der Waals surface area contributed by atoms with Crippen LogP contribution in [0, 0.1) is 12.7 Å². The highest BCUT2D eigenvalue weighted by Gasteiger charge is 2.31. The average Bonchev–Trinajstić information content (AvgIpc) is 3.38. The summed E-state index contributed by atoms with van der Waals surface area (Å²) in [5.41, 5.74) is 2.92. The van der Waals surface area contributed by atoms with E-state index >= 15 is 0 Å². The Morgan fingerprint density at radius 3 is 2.65 bits per heavy atom. The van der Waals surface area contributed by atoms with Crippen molar-refractivity contribution >= 4 is 16.6 Å². The number of aromatic nitrogens is 4. The smallest absolute Gasteiger partial charge is 0.136 e. The molecule has 134 valence electrons. The number of benzene rings is 1. The van der Waals surface area contributed by atoms with Crippen LogP contribution in [0.15, 0.2) is 30.6 Å². The molecule has 6 heteroatoms. The maximum Gasteiger partial charge on any atom is 0.136 e. The van der Waals surface area contributed by atoms with E-state index in [1.807, 2.05) is 13.3 Å². The van der Waals surface area contributed by atoms with Crippen LogP contribution < -0.4 is 4.90 Å². The first-order chi connectivity index (χ1) is 12.7. The lowest BCUT2D eigenvalue weighted by molar-refractivity contribution is 0.465. The van der Waals surface area contributed by atoms with E-state index in [0.717, 1.165) is 54.0 Å². The van der Waals surface area contributed by atoms with E-state index in [1.54, 1.807) is 12.1 Å². The molecular weight excluding hydrogens is 329 g/mol. The first kappa shape index (κ1) is 15.7. The third-order valence-electron chi connectivity index (χ3n) is 5.62. The Morgan fingerprint density at radius 1 is 1.08 bits per heavy atom. The number of hydrogen-bond donors (Lipinski definition) is 0. The quantitative estimate of drug-likeness (QED) is 0.716. The van der Waals surface area contributed by atoms with Gasteiger partial charge in [0.2, 0.25) is 0 Å². The van der Waals surface area contributed by atoms with Crippen LogP contribution in [0.25, 0.3) is 10.9 Å². The van der Waals surface area contributed by atoms with Crippen LogP contribution in [0.2, 0.25) is 0 Å². The van der Waals surface area contributed by atoms with E-state index in [2.05, 4.69) is 30.7 Å². The van der Waals surface area contributed by atoms with Crippen molar-refractivity contribution in [3.8, 4) is 0 Å². The predicted molar refractivity (Wildman–Crippen MR) is 98.9 cm³/mol. The maximum atomic E-state index is 13.8. The molecule has 1 saturated carbocycles. The zero-order valence-electron chi connectivity index (χ0n) is 14.9. The van der Waals surface area contributed by atoms with E-state index in [9.17, 15) is 4.39 Å². The number of anilines is 1. The predicted octanol–water partition coefficient (Wildman–Crippen LogP) is 3.99. The second kappa shape index (κ2) is 6.04. The molecule has 26 heavy (non-hydrogen) atoms. The maximum absolute atomic E-state index is 13.8. The van der Waals surface area contributed by atoms with E-state index in [0.29, 0.717) is 12.0 Å². The van der Waals surface area contributed by atoms with Crippen LogP contribution in [0.5, 0.6) is 0 Å². The number of aryl methyl sites for hydroxylation is 1. The molecule has 1 aliphatic heterocycles. The molecule has 1 aromatic carbocycles. The monoisotopic (exact) mass is 351 g/mol. The van der Waals surface area contributed by atoms with Crippen molar-refractivity contribution < 1.29 is 4.39 Å². The number of piperidine rings is 1. The molecule has 3 aromatic rings. The van der Waals surface area contributed by atoms with Crippen molar-refractivity contribution in [2.45, 2.75) is 44.6 Å². The molecule has 0 N–H and O–H groups in total. The molecular formula is C20H22FN5. The number of fused-ring (bicyclic) bond motifs is 1. The first-order valence-corrected chi connectivity index (χ1v) is 9.40. The lowest BCUT2D eigenvalue weighted by Gasteiger charge is -2.34. The summed E-state index contributed by atoms with van der Waals surface area (Å²) in [5, 5.41) is 9.46. The van der Waals surface area contributed by atoms with E-state index in [-0.39, 0.29) is 5.82 Å². The number of rotatable bonds is 3. The highest BCUT2D eigenvalue weighted by atomic mass is 19.1. The fourth-order valence-electron chi connectivity index (χ4n) is 4.13. The second-order valence-electron chi connectivity index (χ2n) is 7.53. The number of hydrogen-bond acceptors (Lipinski definition) is 4. The first-order valence-electron chi connectivity index (χ1n) is 9.40. The average molecular weight is 351 g/mol. The van der Waals surface area contributed by atoms with Gasteiger partial charge in [-0.1, -0.05) is 0 Å². The van der Waals surface area contributed by atoms with Gasteiger partial charge in [-0.15, -0.1) is 10.2 Å². The summed E-state index contributed by atoms with van der Waals surface area (Å²) < 4.78 is 16.1. The second-order valence-corrected chi connectivity index (χ2v) is 7.53. The molecule has 0 bridgehead atoms. The molecule has 1 aliphatic carbocycles. The molecule has 0 radical (unpaired) electrons. The van der Waals surface area contributed by atoms with E-state index in [1.165, 1.54) is 18.9 Å². The molecule has 5 nitrogen and oxygen atoms in total. The molecule has 3 heterocycles. The van der Waals surface area contributed by atoms with Gasteiger partial charge in [0.1, 0.15) is 18.0 Å². The van der Waals surface area contributed by atoms with Gasteiger partial charge in [-0.3, -0.25) is 4.98 Å². The van der Waals surface area contributed by atoms with Crippen LogP contribution in [0.4, 0.5) is 10.1 Å². The Hall–Kier alpha value is -2.50. The molecule has 2 fully saturated rings. The summed E-state index contributed by atoms with van der Waals surface area (Å²) in [6, 6.07) is 7.55. The number of pyridine rings is 1. The van der Waals surface area contributed by atoms with E-state index < -0.39 is 0 Å². The highest BCUT2D eigenvalue weighted by Crippen LogP contribution is 2.39. The van der Waals surface area contributed by atoms with E-state index in [4.69, 9.17) is 0 Å². The third kappa shape index (κ3) is 2.73. The highest BCUT2D eigenvalue weighted by molar-refractivity contribution is 5.92. The van der Waals surface area contributed by atoms with Gasteiger partial charge in [0, 0.05) is 41.8 Å². The van der Waals surface area contributed by atoms with Crippen molar-refractivity contribution in [2.24, 2.45) is 0 Å². The van der Waals surface area contributed by atoms with Crippen LogP contribution >= 0.6 is 0 Å². The fourth-order valence-corrected chi connectivity index (χ4v) is 4.13. The Kier molecular flexibility index (Phi) is 3.65. The fraction of sp³-hybridized carbons (Fsp3) is 0.450. The zero-order chi connectivity index (χ0) is 17.7. The van der Waals surface area contributed by atoms with Crippen LogP contribution in [-0.4, -0.2) is 32.8 Å². The molecule has 0 unspecified atom stereocenters. The van der Waals surface area contributed by atoms with Crippen molar-refractivity contribution in [2.75, 3.05) is 18.0 Å². The Labute approximate surface area is 151 Å². The Morgan fingerprint density at radius 2 is 1.88 bits per heavy atom. The Balaban J connectivity index is 1.41. The molecule has 2 aliphatic rings. The summed E-state index contributed by atoms with van der Waals surface area (Å²) in [4.78, 5) is 6.92. The van der Waals surface area contributed by atoms with Crippen molar-refractivity contribution in [1.29, 1.82) is 0 Å². The number of nitrogens with zero attached hydrogens (tertiary/aromatic N) is 5. The largest absolute Gasteiger partial charge is 0.371 e. The minimum absolute atomic E-state index is 0.211. The van der Waals surface area contributed by atoms with Gasteiger partial charge in [-0.2, -0.15) is 0 Å². The molecule has 2 aromatic heterocycles. The summed E-state index contributed by atoms with van der Waals surface area (Å²) in [6.07, 6.45) is 6.48. The zero-order valence-corrected chi connectivity index (χ0v) is 14.9. The minimum atomic E-state index is -0.211. The lowest BCUT2D eigenvalue weighted by atomic mass is 9.95. The topological polar surface area (TPSA) is 46.8 Å². The summed E-state index contributed by atoms with van der Waals surface area (Å²) in [7, 11) is 0. The standard InChI is InChI=1S/C20H22FN5/c1-13-10-19(17-11-15(21)2-5-18(17)23-13)25-8-6-14(7-9-25)20-24-22-12-26(20)16-3-4-16/h2,5,10-12,14,16H,3-4,6-9H2,1H3. The van der Waals surface area contributed by atoms with Crippen LogP contribution in [-0.2, 0) is 0 Å². The van der Waals surface area contributed by atoms with Gasteiger partial charge in [0.25, 0.3) is 0 Å². The van der Waals surface area contributed by atoms with Crippen molar-refractivity contribution in [3.63, 3.8) is 0 Å². The van der Waals surface area contributed by atoms with Gasteiger partial charge in [0.15, 0.2) is 0 Å². The summed E-state index contributed by atoms with van der Waals surface area (Å²) >= 11 is 0. The summed E-state index contributed by atoms with van der Waals surface area (Å²) in [5.74, 6) is 1.39. The number of halogens is 1. The summed E-state index contributed by atoms with van der Waals surface area (Å²) in [6.45, 7) is 3.88. The molecule has 0 spiro atoms. The molecule has 0 amide bonds. The van der Waals surface area contributed by atoms with Gasteiger partial charge in [-0.05, 0) is 56.9 Å². The van der Waals surface area contributed by atoms with Gasteiger partial charge < -0.3 is 9.47 Å². The normalized spacial score (nSPS) is 18.6. The molecule has 0 atom stereocenters. The van der Waals surface area contributed by atoms with Gasteiger partial charge in [-0.25, -0.2) is 4.39 Å².